The number of rotatable bonds is 7. The second-order valence-corrected chi connectivity index (χ2v) is 8.16. The maximum absolute atomic E-state index is 11.2. The Morgan fingerprint density at radius 2 is 1.59 bits per heavy atom. The van der Waals surface area contributed by atoms with Crippen molar-refractivity contribution in [3.05, 3.63) is 84.4 Å². The molecule has 6 atom stereocenters. The maximum atomic E-state index is 11.2. The molecule has 10 heteroatoms. The second kappa shape index (κ2) is 9.45. The number of nitrogens with zero attached hydrogens (tertiary/aromatic N) is 4. The van der Waals surface area contributed by atoms with Gasteiger partial charge >= 0.3 is 0 Å². The standard InChI is InChI=1S/C24H25N5O5/c30-11-16-20(32)21(33)24(34-16)29-13-27-18-22(25-12-26-23(18)29)28-17(14-7-3-1-4-8-14)19(31)15-9-5-2-6-10-15/h1-10,12-13,16-17,19-21,24,30-33H,11H2,(H,25,26,28)/t16-,17-,19+,20?,21?,24-/m1/s1. The number of hydrogen-bond donors (Lipinski definition) is 5. The maximum Gasteiger partial charge on any atom is 0.167 e. The van der Waals surface area contributed by atoms with Gasteiger partial charge in [-0.2, -0.15) is 0 Å². The Balaban J connectivity index is 1.51. The van der Waals surface area contributed by atoms with Gasteiger partial charge in [-0.1, -0.05) is 60.7 Å². The van der Waals surface area contributed by atoms with Gasteiger partial charge in [-0.15, -0.1) is 0 Å². The predicted molar refractivity (Wildman–Crippen MR) is 123 cm³/mol. The van der Waals surface area contributed by atoms with E-state index in [0.717, 1.165) is 11.1 Å². The van der Waals surface area contributed by atoms with E-state index in [-0.39, 0.29) is 0 Å². The van der Waals surface area contributed by atoms with E-state index >= 15 is 0 Å². The summed E-state index contributed by atoms with van der Waals surface area (Å²) >= 11 is 0. The van der Waals surface area contributed by atoms with E-state index in [1.54, 1.807) is 0 Å². The first kappa shape index (κ1) is 22.4. The van der Waals surface area contributed by atoms with Crippen molar-refractivity contribution in [2.45, 2.75) is 36.7 Å². The SMILES string of the molecule is OC[C@H]1O[C@@H](n2cnc3c(N[C@H](c4ccccc4)[C@@H](O)c4ccccc4)ncnc32)C(O)C1O. The number of fused-ring (bicyclic) bond motifs is 1. The molecule has 0 radical (unpaired) electrons. The monoisotopic (exact) mass is 463 g/mol. The minimum atomic E-state index is -1.27. The zero-order valence-corrected chi connectivity index (χ0v) is 18.1. The number of imidazole rings is 1. The van der Waals surface area contributed by atoms with Crippen molar-refractivity contribution in [3.63, 3.8) is 0 Å². The molecule has 34 heavy (non-hydrogen) atoms. The number of nitrogens with one attached hydrogen (secondary N) is 1. The highest BCUT2D eigenvalue weighted by Gasteiger charge is 2.44. The fourth-order valence-corrected chi connectivity index (χ4v) is 4.25. The lowest BCUT2D eigenvalue weighted by molar-refractivity contribution is -0.0511. The Bertz CT molecular complexity index is 1240. The van der Waals surface area contributed by atoms with Crippen LogP contribution in [0.4, 0.5) is 5.82 Å². The highest BCUT2D eigenvalue weighted by atomic mass is 16.6. The molecule has 0 saturated carbocycles. The van der Waals surface area contributed by atoms with E-state index in [2.05, 4.69) is 20.3 Å². The van der Waals surface area contributed by atoms with Crippen LogP contribution in [0.25, 0.3) is 11.2 Å². The van der Waals surface area contributed by atoms with Crippen LogP contribution in [-0.2, 0) is 4.74 Å². The fraction of sp³-hybridized carbons (Fsp3) is 0.292. The topological polar surface area (TPSA) is 146 Å². The Kier molecular flexibility index (Phi) is 6.22. The van der Waals surface area contributed by atoms with Crippen molar-refractivity contribution in [2.24, 2.45) is 0 Å². The number of ether oxygens (including phenoxy) is 1. The van der Waals surface area contributed by atoms with Crippen LogP contribution in [0, 0.1) is 0 Å². The van der Waals surface area contributed by atoms with Crippen LogP contribution in [0.1, 0.15) is 29.5 Å². The highest BCUT2D eigenvalue weighted by molar-refractivity contribution is 5.83. The fourth-order valence-electron chi connectivity index (χ4n) is 4.25. The molecule has 1 aliphatic rings. The summed E-state index contributed by atoms with van der Waals surface area (Å²) in [5, 5.41) is 44.5. The first-order chi connectivity index (χ1) is 16.6. The van der Waals surface area contributed by atoms with Gasteiger partial charge < -0.3 is 30.5 Å². The van der Waals surface area contributed by atoms with Crippen LogP contribution in [0.2, 0.25) is 0 Å². The number of aromatic nitrogens is 4. The summed E-state index contributed by atoms with van der Waals surface area (Å²) < 4.78 is 7.12. The van der Waals surface area contributed by atoms with Crippen LogP contribution >= 0.6 is 0 Å². The molecule has 2 aromatic heterocycles. The van der Waals surface area contributed by atoms with E-state index in [9.17, 15) is 20.4 Å². The quantitative estimate of drug-likeness (QED) is 0.274. The predicted octanol–water partition coefficient (Wildman–Crippen LogP) is 1.32. The zero-order chi connectivity index (χ0) is 23.7. The zero-order valence-electron chi connectivity index (χ0n) is 18.1. The first-order valence-electron chi connectivity index (χ1n) is 10.9. The Morgan fingerprint density at radius 3 is 2.24 bits per heavy atom. The molecular weight excluding hydrogens is 438 g/mol. The molecule has 10 nitrogen and oxygen atoms in total. The van der Waals surface area contributed by atoms with Gasteiger partial charge in [-0.25, -0.2) is 15.0 Å². The molecule has 0 aliphatic carbocycles. The average Bonchev–Trinajstić information content (AvgIpc) is 3.44. The summed E-state index contributed by atoms with van der Waals surface area (Å²) in [5.41, 5.74) is 2.37. The Hall–Kier alpha value is -3.41. The van der Waals surface area contributed by atoms with Crippen molar-refractivity contribution in [1.82, 2.24) is 19.5 Å². The molecule has 0 amide bonds. The lowest BCUT2D eigenvalue weighted by Crippen LogP contribution is -2.33. The minimum Gasteiger partial charge on any atom is -0.394 e. The number of benzene rings is 2. The van der Waals surface area contributed by atoms with E-state index < -0.39 is 43.3 Å². The summed E-state index contributed by atoms with van der Waals surface area (Å²) in [6.07, 6.45) is -2.48. The normalized spacial score (nSPS) is 24.2. The molecule has 5 N–H and O–H groups in total. The number of anilines is 1. The highest BCUT2D eigenvalue weighted by Crippen LogP contribution is 2.35. The molecule has 4 aromatic rings. The van der Waals surface area contributed by atoms with Crippen molar-refractivity contribution in [1.29, 1.82) is 0 Å². The van der Waals surface area contributed by atoms with Gasteiger partial charge in [0.25, 0.3) is 0 Å². The van der Waals surface area contributed by atoms with Crippen molar-refractivity contribution < 1.29 is 25.2 Å². The van der Waals surface area contributed by atoms with E-state index in [1.807, 2.05) is 60.7 Å². The van der Waals surface area contributed by atoms with Gasteiger partial charge in [0.15, 0.2) is 23.2 Å². The molecule has 1 fully saturated rings. The lowest BCUT2D eigenvalue weighted by Gasteiger charge is -2.25. The van der Waals surface area contributed by atoms with Gasteiger partial charge in [0.05, 0.1) is 19.0 Å². The van der Waals surface area contributed by atoms with Crippen LogP contribution in [0.5, 0.6) is 0 Å². The number of aliphatic hydroxyl groups is 4. The van der Waals surface area contributed by atoms with Crippen molar-refractivity contribution in [2.75, 3.05) is 11.9 Å². The average molecular weight is 463 g/mol. The van der Waals surface area contributed by atoms with Crippen LogP contribution in [-0.4, -0.2) is 64.9 Å². The summed E-state index contributed by atoms with van der Waals surface area (Å²) in [6, 6.07) is 18.3. The second-order valence-electron chi connectivity index (χ2n) is 8.16. The molecule has 1 aliphatic heterocycles. The van der Waals surface area contributed by atoms with Crippen molar-refractivity contribution in [3.8, 4) is 0 Å². The van der Waals surface area contributed by atoms with E-state index in [0.29, 0.717) is 17.0 Å². The third kappa shape index (κ3) is 4.02. The van der Waals surface area contributed by atoms with E-state index in [4.69, 9.17) is 4.74 Å². The first-order valence-corrected chi connectivity index (χ1v) is 10.9. The summed E-state index contributed by atoms with van der Waals surface area (Å²) in [7, 11) is 0. The molecule has 3 heterocycles. The van der Waals surface area contributed by atoms with Gasteiger partial charge in [0.1, 0.15) is 30.7 Å². The summed E-state index contributed by atoms with van der Waals surface area (Å²) in [6.45, 7) is -0.431. The van der Waals surface area contributed by atoms with Gasteiger partial charge in [-0.05, 0) is 11.1 Å². The van der Waals surface area contributed by atoms with Gasteiger partial charge in [0.2, 0.25) is 0 Å². The minimum absolute atomic E-state index is 0.369. The molecule has 0 spiro atoms. The van der Waals surface area contributed by atoms with Gasteiger partial charge in [0, 0.05) is 0 Å². The molecule has 0 bridgehead atoms. The van der Waals surface area contributed by atoms with Crippen molar-refractivity contribution >= 4 is 17.0 Å². The molecule has 176 valence electrons. The third-order valence-corrected chi connectivity index (χ3v) is 6.06. The smallest absolute Gasteiger partial charge is 0.167 e. The molecule has 5 rings (SSSR count). The summed E-state index contributed by atoms with van der Waals surface area (Å²) in [4.78, 5) is 13.1. The van der Waals surface area contributed by atoms with Crippen LogP contribution < -0.4 is 5.32 Å². The van der Waals surface area contributed by atoms with Gasteiger partial charge in [-0.3, -0.25) is 4.57 Å². The van der Waals surface area contributed by atoms with Crippen LogP contribution in [0.3, 0.4) is 0 Å². The molecule has 2 unspecified atom stereocenters. The third-order valence-electron chi connectivity index (χ3n) is 6.06. The summed E-state index contributed by atoms with van der Waals surface area (Å²) in [5.74, 6) is 0.388. The molecular formula is C24H25N5O5. The van der Waals surface area contributed by atoms with E-state index in [1.165, 1.54) is 17.2 Å². The Labute approximate surface area is 195 Å². The lowest BCUT2D eigenvalue weighted by atomic mass is 9.96. The largest absolute Gasteiger partial charge is 0.394 e. The number of aliphatic hydroxyl groups excluding tert-OH is 4. The van der Waals surface area contributed by atoms with Crippen LogP contribution in [0.15, 0.2) is 73.3 Å². The molecule has 2 aromatic carbocycles. The Morgan fingerprint density at radius 1 is 0.912 bits per heavy atom. The molecule has 1 saturated heterocycles. The number of hydrogen-bond acceptors (Lipinski definition) is 9.